The van der Waals surface area contributed by atoms with Gasteiger partial charge in [-0.1, -0.05) is 45.9 Å². The van der Waals surface area contributed by atoms with Gasteiger partial charge in [0, 0.05) is 23.6 Å². The fourth-order valence-electron chi connectivity index (χ4n) is 6.18. The molecule has 15 nitrogen and oxygen atoms in total. The maximum Gasteiger partial charge on any atom is 0.308 e. The van der Waals surface area contributed by atoms with Crippen molar-refractivity contribution in [2.45, 2.75) is 123 Å². The molecule has 0 aliphatic carbocycles. The molecule has 0 unspecified atom stereocenters. The van der Waals surface area contributed by atoms with E-state index < -0.39 is 77.7 Å². The first-order valence-corrected chi connectivity index (χ1v) is 17.7. The van der Waals surface area contributed by atoms with Crippen LogP contribution < -0.4 is 33.0 Å². The molecule has 2 heterocycles. The number of nitrogens with one attached hydrogen (secondary N) is 5. The molecule has 51 heavy (non-hydrogen) atoms. The minimum Gasteiger partial charge on any atom is -0.460 e. The van der Waals surface area contributed by atoms with Crippen LogP contribution in [-0.2, 0) is 39.9 Å². The highest BCUT2D eigenvalue weighted by molar-refractivity contribution is 5.97. The Labute approximate surface area is 299 Å². The van der Waals surface area contributed by atoms with Crippen LogP contribution in [0.4, 0.5) is 0 Å². The van der Waals surface area contributed by atoms with Crippen LogP contribution in [0.15, 0.2) is 30.5 Å². The van der Waals surface area contributed by atoms with E-state index in [4.69, 9.17) is 16.3 Å². The Kier molecular flexibility index (Phi) is 14.5. The molecular formula is C36H56N8O7. The standard InChI is InChI=1S/C36H56N8O7/c1-20(2)16-26(32(47)43-38)40-34(49)30(21(3)4)42-33(48)28-14-10-11-15-44(28)35(50)27(18-29(45)51-36(5,6)7)41-31(46)24(37)17-22-19-39-25-13-9-8-12-23(22)25/h8-9,12-13,19-21,24,26-28,30,39H,10-11,14-18,37-38H2,1-7H3,(H,40,49)(H,41,46)(H,42,48)(H,43,47)/t24-,26+,27-,28+,30-/m1/s1. The summed E-state index contributed by atoms with van der Waals surface area (Å²) < 4.78 is 5.48. The van der Waals surface area contributed by atoms with Gasteiger partial charge in [-0.05, 0) is 76.3 Å². The van der Waals surface area contributed by atoms with Gasteiger partial charge in [-0.15, -0.1) is 0 Å². The van der Waals surface area contributed by atoms with Gasteiger partial charge in [0.25, 0.3) is 5.91 Å². The SMILES string of the molecule is CC(C)C[C@H](NC(=O)[C@H](NC(=O)[C@@H]1CCCCN1C(=O)[C@@H](CC(=O)OC(C)(C)C)NC(=O)[C@H](N)Cc1c[nH]c2ccccc12)C(C)C)C(=O)NN. The Hall–Kier alpha value is -4.50. The average molecular weight is 713 g/mol. The third-order valence-corrected chi connectivity index (χ3v) is 8.67. The summed E-state index contributed by atoms with van der Waals surface area (Å²) in [6, 6.07) is 2.24. The number of esters is 1. The topological polar surface area (TPSA) is 231 Å². The Morgan fingerprint density at radius 1 is 0.941 bits per heavy atom. The van der Waals surface area contributed by atoms with Crippen molar-refractivity contribution in [2.24, 2.45) is 23.4 Å². The van der Waals surface area contributed by atoms with E-state index in [2.05, 4.69) is 26.4 Å². The highest BCUT2D eigenvalue weighted by Crippen LogP contribution is 2.22. The van der Waals surface area contributed by atoms with Crippen molar-refractivity contribution in [2.75, 3.05) is 6.54 Å². The summed E-state index contributed by atoms with van der Waals surface area (Å²) in [4.78, 5) is 84.8. The van der Waals surface area contributed by atoms with Crippen molar-refractivity contribution >= 4 is 46.4 Å². The quantitative estimate of drug-likeness (QED) is 0.0610. The van der Waals surface area contributed by atoms with Crippen molar-refractivity contribution in [3.05, 3.63) is 36.0 Å². The first kappa shape index (κ1) is 40.9. The zero-order valence-electron chi connectivity index (χ0n) is 30.8. The zero-order valence-corrected chi connectivity index (χ0v) is 30.8. The number of fused-ring (bicyclic) bond motifs is 1. The van der Waals surface area contributed by atoms with Crippen LogP contribution >= 0.6 is 0 Å². The van der Waals surface area contributed by atoms with Gasteiger partial charge in [-0.25, -0.2) is 5.84 Å². The molecule has 282 valence electrons. The number of benzene rings is 1. The van der Waals surface area contributed by atoms with E-state index in [0.29, 0.717) is 25.7 Å². The van der Waals surface area contributed by atoms with Crippen LogP contribution in [0.3, 0.4) is 0 Å². The predicted octanol–water partition coefficient (Wildman–Crippen LogP) is 1.30. The minimum absolute atomic E-state index is 0.0682. The first-order chi connectivity index (χ1) is 23.9. The summed E-state index contributed by atoms with van der Waals surface area (Å²) in [6.07, 6.45) is 3.30. The van der Waals surface area contributed by atoms with Crippen molar-refractivity contribution in [1.29, 1.82) is 0 Å². The second-order valence-electron chi connectivity index (χ2n) is 15.0. The molecule has 5 atom stereocenters. The number of aromatic nitrogens is 1. The highest BCUT2D eigenvalue weighted by atomic mass is 16.6. The number of hydrazine groups is 1. The van der Waals surface area contributed by atoms with E-state index >= 15 is 0 Å². The number of hydrogen-bond acceptors (Lipinski definition) is 9. The molecule has 1 fully saturated rings. The molecule has 9 N–H and O–H groups in total. The van der Waals surface area contributed by atoms with Gasteiger partial charge in [0.1, 0.15) is 29.8 Å². The largest absolute Gasteiger partial charge is 0.460 e. The Bertz CT molecular complexity index is 1550. The maximum absolute atomic E-state index is 14.2. The lowest BCUT2D eigenvalue weighted by Crippen LogP contribution is -2.62. The van der Waals surface area contributed by atoms with Crippen LogP contribution in [0, 0.1) is 11.8 Å². The maximum atomic E-state index is 14.2. The molecular weight excluding hydrogens is 656 g/mol. The Balaban J connectivity index is 1.81. The predicted molar refractivity (Wildman–Crippen MR) is 192 cm³/mol. The Morgan fingerprint density at radius 3 is 2.24 bits per heavy atom. The van der Waals surface area contributed by atoms with Gasteiger partial charge in [0.05, 0.1) is 12.5 Å². The summed E-state index contributed by atoms with van der Waals surface area (Å²) >= 11 is 0. The fourth-order valence-corrected chi connectivity index (χ4v) is 6.18. The molecule has 0 radical (unpaired) electrons. The van der Waals surface area contributed by atoms with Crippen LogP contribution in [0.2, 0.25) is 0 Å². The smallest absolute Gasteiger partial charge is 0.308 e. The number of nitrogens with zero attached hydrogens (tertiary/aromatic N) is 1. The first-order valence-electron chi connectivity index (χ1n) is 17.7. The minimum atomic E-state index is -1.37. The van der Waals surface area contributed by atoms with Crippen molar-refractivity contribution in [3.8, 4) is 0 Å². The number of ether oxygens (including phenoxy) is 1. The summed E-state index contributed by atoms with van der Waals surface area (Å²) in [6.45, 7) is 12.6. The van der Waals surface area contributed by atoms with Crippen LogP contribution in [0.5, 0.6) is 0 Å². The summed E-state index contributed by atoms with van der Waals surface area (Å²) in [5.74, 6) is 1.34. The summed E-state index contributed by atoms with van der Waals surface area (Å²) in [5, 5.41) is 9.07. The molecule has 1 aromatic heterocycles. The number of carbonyl (C=O) groups excluding carboxylic acids is 6. The number of piperidine rings is 1. The molecule has 1 aliphatic rings. The van der Waals surface area contributed by atoms with Gasteiger partial charge in [0.2, 0.25) is 23.6 Å². The van der Waals surface area contributed by atoms with Gasteiger partial charge < -0.3 is 36.3 Å². The van der Waals surface area contributed by atoms with Crippen molar-refractivity contribution in [1.82, 2.24) is 31.3 Å². The molecule has 0 spiro atoms. The molecule has 5 amide bonds. The lowest BCUT2D eigenvalue weighted by Gasteiger charge is -2.38. The van der Waals surface area contributed by atoms with Gasteiger partial charge in [-0.3, -0.25) is 34.2 Å². The zero-order chi connectivity index (χ0) is 38.0. The molecule has 3 rings (SSSR count). The second kappa shape index (κ2) is 18.1. The molecule has 15 heteroatoms. The number of rotatable bonds is 15. The van der Waals surface area contributed by atoms with Gasteiger partial charge >= 0.3 is 5.97 Å². The highest BCUT2D eigenvalue weighted by Gasteiger charge is 2.40. The third-order valence-electron chi connectivity index (χ3n) is 8.67. The average Bonchev–Trinajstić information content (AvgIpc) is 3.46. The molecule has 0 bridgehead atoms. The number of hydrogen-bond donors (Lipinski definition) is 7. The summed E-state index contributed by atoms with van der Waals surface area (Å²) in [7, 11) is 0. The molecule has 1 aliphatic heterocycles. The van der Waals surface area contributed by atoms with Crippen LogP contribution in [-0.4, -0.2) is 87.7 Å². The summed E-state index contributed by atoms with van der Waals surface area (Å²) in [5.41, 5.74) is 9.27. The van der Waals surface area contributed by atoms with E-state index in [1.165, 1.54) is 4.90 Å². The number of H-pyrrole nitrogens is 1. The van der Waals surface area contributed by atoms with E-state index in [9.17, 15) is 28.8 Å². The lowest BCUT2D eigenvalue weighted by molar-refractivity contribution is -0.158. The van der Waals surface area contributed by atoms with Crippen LogP contribution in [0.25, 0.3) is 10.9 Å². The van der Waals surface area contributed by atoms with E-state index in [1.54, 1.807) is 40.8 Å². The van der Waals surface area contributed by atoms with Gasteiger partial charge in [-0.2, -0.15) is 0 Å². The second-order valence-corrected chi connectivity index (χ2v) is 15.0. The molecule has 0 saturated carbocycles. The Morgan fingerprint density at radius 2 is 1.61 bits per heavy atom. The third kappa shape index (κ3) is 11.8. The number of likely N-dealkylation sites (tertiary alicyclic amines) is 1. The number of amides is 5. The van der Waals surface area contributed by atoms with Gasteiger partial charge in [0.15, 0.2) is 0 Å². The van der Waals surface area contributed by atoms with E-state index in [0.717, 1.165) is 16.5 Å². The van der Waals surface area contributed by atoms with Crippen LogP contribution in [0.1, 0.15) is 86.1 Å². The number of nitrogens with two attached hydrogens (primary N) is 2. The van der Waals surface area contributed by atoms with Crippen molar-refractivity contribution in [3.63, 3.8) is 0 Å². The number of carbonyl (C=O) groups is 6. The molecule has 1 aromatic carbocycles. The van der Waals surface area contributed by atoms with Crippen molar-refractivity contribution < 1.29 is 33.5 Å². The monoisotopic (exact) mass is 712 g/mol. The van der Waals surface area contributed by atoms with E-state index in [-0.39, 0.29) is 24.8 Å². The molecule has 1 saturated heterocycles. The number of para-hydroxylation sites is 1. The fraction of sp³-hybridized carbons (Fsp3) is 0.611. The lowest BCUT2D eigenvalue weighted by atomic mass is 9.97. The molecule has 2 aromatic rings. The number of aromatic amines is 1. The van der Waals surface area contributed by atoms with E-state index in [1.807, 2.05) is 38.1 Å². The normalized spacial score (nSPS) is 17.3.